The molecular weight excluding hydrogens is 346 g/mol. The summed E-state index contributed by atoms with van der Waals surface area (Å²) < 4.78 is 29.3. The van der Waals surface area contributed by atoms with Crippen LogP contribution in [-0.4, -0.2) is 22.2 Å². The van der Waals surface area contributed by atoms with Gasteiger partial charge >= 0.3 is 0 Å². The van der Waals surface area contributed by atoms with Crippen LogP contribution in [0.1, 0.15) is 28.5 Å². The zero-order valence-electron chi connectivity index (χ0n) is 10.7. The average molecular weight is 357 g/mol. The number of amides is 1. The van der Waals surface area contributed by atoms with E-state index in [0.29, 0.717) is 23.3 Å². The van der Waals surface area contributed by atoms with Crippen LogP contribution in [0.4, 0.5) is 14.6 Å². The fraction of sp³-hybridized carbons (Fsp3) is 0.231. The lowest BCUT2D eigenvalue weighted by atomic mass is 10.0. The number of aromatic nitrogens is 2. The van der Waals surface area contributed by atoms with Gasteiger partial charge < -0.3 is 11.1 Å². The summed E-state index contributed by atoms with van der Waals surface area (Å²) in [5.41, 5.74) is 5.51. The highest BCUT2D eigenvalue weighted by molar-refractivity contribution is 9.10. The number of carbonyl (C=O) groups excluding carboxylic acids is 1. The Morgan fingerprint density at radius 2 is 2.24 bits per heavy atom. The minimum atomic E-state index is -0.691. The van der Waals surface area contributed by atoms with Gasteiger partial charge in [-0.25, -0.2) is 13.5 Å². The van der Waals surface area contributed by atoms with Gasteiger partial charge in [0.1, 0.15) is 17.5 Å². The Morgan fingerprint density at radius 1 is 1.48 bits per heavy atom. The topological polar surface area (TPSA) is 72.9 Å². The molecule has 0 bridgehead atoms. The SMILES string of the molecule is NC(=O)c1nn2c(c1Br)NCCC2c1cc(F)ccc1F. The number of nitrogens with one attached hydrogen (secondary N) is 1. The van der Waals surface area contributed by atoms with Gasteiger partial charge in [-0.1, -0.05) is 0 Å². The monoisotopic (exact) mass is 356 g/mol. The number of fused-ring (bicyclic) bond motifs is 1. The summed E-state index contributed by atoms with van der Waals surface area (Å²) in [5, 5.41) is 7.19. The molecule has 0 spiro atoms. The molecule has 1 aromatic carbocycles. The first-order valence-electron chi connectivity index (χ1n) is 6.25. The first kappa shape index (κ1) is 14.0. The van der Waals surface area contributed by atoms with Crippen LogP contribution in [0.15, 0.2) is 22.7 Å². The number of primary amides is 1. The second-order valence-corrected chi connectivity index (χ2v) is 5.51. The molecule has 3 N–H and O–H groups in total. The van der Waals surface area contributed by atoms with E-state index in [9.17, 15) is 13.6 Å². The van der Waals surface area contributed by atoms with Gasteiger partial charge in [0.05, 0.1) is 10.5 Å². The molecule has 0 saturated heterocycles. The van der Waals surface area contributed by atoms with Crippen molar-refractivity contribution in [3.63, 3.8) is 0 Å². The molecule has 5 nitrogen and oxygen atoms in total. The van der Waals surface area contributed by atoms with Gasteiger partial charge in [-0.2, -0.15) is 5.10 Å². The van der Waals surface area contributed by atoms with Crippen molar-refractivity contribution in [2.75, 3.05) is 11.9 Å². The first-order chi connectivity index (χ1) is 9.99. The van der Waals surface area contributed by atoms with Crippen molar-refractivity contribution >= 4 is 27.7 Å². The molecule has 1 aromatic heterocycles. The normalized spacial score (nSPS) is 17.2. The second-order valence-electron chi connectivity index (χ2n) is 4.72. The molecule has 0 radical (unpaired) electrons. The van der Waals surface area contributed by atoms with Gasteiger partial charge in [0.2, 0.25) is 0 Å². The molecule has 1 unspecified atom stereocenters. The maximum atomic E-state index is 14.0. The first-order valence-corrected chi connectivity index (χ1v) is 7.05. The quantitative estimate of drug-likeness (QED) is 0.867. The third kappa shape index (κ3) is 2.29. The number of halogens is 3. The Balaban J connectivity index is 2.14. The maximum Gasteiger partial charge on any atom is 0.270 e. The highest BCUT2D eigenvalue weighted by Crippen LogP contribution is 2.36. The molecule has 0 aliphatic carbocycles. The average Bonchev–Trinajstić information content (AvgIpc) is 2.79. The van der Waals surface area contributed by atoms with E-state index in [1.807, 2.05) is 0 Å². The van der Waals surface area contributed by atoms with Crippen LogP contribution in [0.3, 0.4) is 0 Å². The molecule has 1 aliphatic heterocycles. The molecule has 2 aromatic rings. The summed E-state index contributed by atoms with van der Waals surface area (Å²) >= 11 is 3.26. The molecule has 1 atom stereocenters. The zero-order chi connectivity index (χ0) is 15.1. The summed E-state index contributed by atoms with van der Waals surface area (Å²) in [7, 11) is 0. The van der Waals surface area contributed by atoms with Gasteiger partial charge in [-0.3, -0.25) is 4.79 Å². The summed E-state index contributed by atoms with van der Waals surface area (Å²) in [6.07, 6.45) is 0.514. The lowest BCUT2D eigenvalue weighted by molar-refractivity contribution is 0.0994. The smallest absolute Gasteiger partial charge is 0.270 e. The predicted molar refractivity (Wildman–Crippen MR) is 76.0 cm³/mol. The van der Waals surface area contributed by atoms with Crippen LogP contribution in [0, 0.1) is 11.6 Å². The van der Waals surface area contributed by atoms with Crippen LogP contribution in [0.5, 0.6) is 0 Å². The second kappa shape index (κ2) is 5.10. The van der Waals surface area contributed by atoms with Gasteiger partial charge in [0.25, 0.3) is 5.91 Å². The largest absolute Gasteiger partial charge is 0.369 e. The van der Waals surface area contributed by atoms with Gasteiger partial charge in [0.15, 0.2) is 5.69 Å². The molecule has 110 valence electrons. The maximum absolute atomic E-state index is 14.0. The summed E-state index contributed by atoms with van der Waals surface area (Å²) in [4.78, 5) is 11.4. The molecule has 0 fully saturated rings. The predicted octanol–water partition coefficient (Wildman–Crippen LogP) is 2.43. The lowest BCUT2D eigenvalue weighted by Gasteiger charge is -2.26. The number of nitrogens with zero attached hydrogens (tertiary/aromatic N) is 2. The third-order valence-electron chi connectivity index (χ3n) is 3.41. The van der Waals surface area contributed by atoms with E-state index in [0.717, 1.165) is 18.2 Å². The summed E-state index contributed by atoms with van der Waals surface area (Å²) in [6, 6.07) is 2.80. The number of nitrogens with two attached hydrogens (primary N) is 1. The number of benzene rings is 1. The molecule has 0 saturated carbocycles. The number of carbonyl (C=O) groups is 1. The van der Waals surface area contributed by atoms with Crippen molar-refractivity contribution in [1.82, 2.24) is 9.78 Å². The van der Waals surface area contributed by atoms with E-state index >= 15 is 0 Å². The fourth-order valence-electron chi connectivity index (χ4n) is 2.46. The molecular formula is C13H11BrF2N4O. The molecule has 1 aliphatic rings. The van der Waals surface area contributed by atoms with E-state index in [1.54, 1.807) is 0 Å². The van der Waals surface area contributed by atoms with Crippen LogP contribution >= 0.6 is 15.9 Å². The minimum Gasteiger partial charge on any atom is -0.369 e. The van der Waals surface area contributed by atoms with Crippen LogP contribution < -0.4 is 11.1 Å². The zero-order valence-corrected chi connectivity index (χ0v) is 12.3. The standard InChI is InChI=1S/C13H11BrF2N4O/c14-10-11(12(17)21)19-20-9(3-4-18-13(10)20)7-5-6(15)1-2-8(7)16/h1-2,5,9,18H,3-4H2,(H2,17,21). The Morgan fingerprint density at radius 3 is 2.95 bits per heavy atom. The summed E-state index contributed by atoms with van der Waals surface area (Å²) in [5.74, 6) is -1.19. The molecule has 8 heteroatoms. The van der Waals surface area contributed by atoms with E-state index in [-0.39, 0.29) is 11.3 Å². The van der Waals surface area contributed by atoms with Crippen LogP contribution in [-0.2, 0) is 0 Å². The Kier molecular flexibility index (Phi) is 3.40. The Labute approximate surface area is 127 Å². The highest BCUT2D eigenvalue weighted by Gasteiger charge is 2.30. The van der Waals surface area contributed by atoms with E-state index in [1.165, 1.54) is 4.68 Å². The van der Waals surface area contributed by atoms with E-state index < -0.39 is 23.6 Å². The highest BCUT2D eigenvalue weighted by atomic mass is 79.9. The molecule has 21 heavy (non-hydrogen) atoms. The number of hydrogen-bond donors (Lipinski definition) is 2. The van der Waals surface area contributed by atoms with Gasteiger partial charge in [-0.15, -0.1) is 0 Å². The molecule has 2 heterocycles. The number of rotatable bonds is 2. The summed E-state index contributed by atoms with van der Waals surface area (Å²) in [6.45, 7) is 0.545. The van der Waals surface area contributed by atoms with E-state index in [2.05, 4.69) is 26.3 Å². The third-order valence-corrected chi connectivity index (χ3v) is 4.16. The van der Waals surface area contributed by atoms with Crippen molar-refractivity contribution in [2.45, 2.75) is 12.5 Å². The fourth-order valence-corrected chi connectivity index (χ4v) is 3.06. The van der Waals surface area contributed by atoms with Crippen molar-refractivity contribution < 1.29 is 13.6 Å². The Bertz CT molecular complexity index is 731. The minimum absolute atomic E-state index is 0.0567. The van der Waals surface area contributed by atoms with Crippen molar-refractivity contribution in [3.8, 4) is 0 Å². The van der Waals surface area contributed by atoms with Gasteiger partial charge in [0, 0.05) is 12.1 Å². The number of anilines is 1. The molecule has 1 amide bonds. The lowest BCUT2D eigenvalue weighted by Crippen LogP contribution is -2.25. The van der Waals surface area contributed by atoms with Crippen LogP contribution in [0.2, 0.25) is 0 Å². The van der Waals surface area contributed by atoms with Crippen molar-refractivity contribution in [1.29, 1.82) is 0 Å². The van der Waals surface area contributed by atoms with Crippen molar-refractivity contribution in [3.05, 3.63) is 45.6 Å². The van der Waals surface area contributed by atoms with Gasteiger partial charge in [-0.05, 0) is 40.5 Å². The van der Waals surface area contributed by atoms with Crippen molar-refractivity contribution in [2.24, 2.45) is 5.73 Å². The molecule has 3 rings (SSSR count). The van der Waals surface area contributed by atoms with E-state index in [4.69, 9.17) is 5.73 Å². The number of hydrogen-bond acceptors (Lipinski definition) is 3. The van der Waals surface area contributed by atoms with Crippen LogP contribution in [0.25, 0.3) is 0 Å². The Hall–Kier alpha value is -1.96.